The molecule has 0 saturated heterocycles. The fraction of sp³-hybridized carbons (Fsp3) is 0.476. The molecule has 1 aromatic heterocycles. The molecular formula is C21H28N4O. The van der Waals surface area contributed by atoms with E-state index in [1.165, 1.54) is 11.1 Å². The van der Waals surface area contributed by atoms with Crippen molar-refractivity contribution >= 4 is 6.03 Å². The quantitative estimate of drug-likeness (QED) is 0.852. The number of aryl methyl sites for hydroxylation is 1. The Morgan fingerprint density at radius 1 is 1.31 bits per heavy atom. The Balaban J connectivity index is 1.66. The van der Waals surface area contributed by atoms with Gasteiger partial charge in [-0.05, 0) is 35.8 Å². The molecule has 1 aliphatic rings. The molecule has 1 atom stereocenters. The summed E-state index contributed by atoms with van der Waals surface area (Å²) in [6.07, 6.45) is 8.94. The van der Waals surface area contributed by atoms with E-state index in [0.29, 0.717) is 13.0 Å². The molecule has 26 heavy (non-hydrogen) atoms. The van der Waals surface area contributed by atoms with Gasteiger partial charge in [0, 0.05) is 38.6 Å². The minimum absolute atomic E-state index is 0.0357. The van der Waals surface area contributed by atoms with Gasteiger partial charge in [0.25, 0.3) is 0 Å². The Labute approximate surface area is 155 Å². The molecule has 0 aliphatic heterocycles. The second-order valence-corrected chi connectivity index (χ2v) is 7.94. The van der Waals surface area contributed by atoms with E-state index >= 15 is 0 Å². The summed E-state index contributed by atoms with van der Waals surface area (Å²) in [5, 5.41) is 3.26. The van der Waals surface area contributed by atoms with E-state index in [0.717, 1.165) is 25.0 Å². The number of aromatic nitrogens is 2. The first kappa shape index (κ1) is 18.4. The third kappa shape index (κ3) is 4.59. The maximum atomic E-state index is 12.7. The van der Waals surface area contributed by atoms with Crippen molar-refractivity contribution in [2.75, 3.05) is 13.6 Å². The number of benzene rings is 1. The SMILES string of the molecule is CN(CCc1cnccn1)C(=O)NC1CC(C)(C)CCc2ccccc21. The Hall–Kier alpha value is -2.43. The molecule has 0 spiro atoms. The molecule has 5 nitrogen and oxygen atoms in total. The van der Waals surface area contributed by atoms with Crippen molar-refractivity contribution in [1.82, 2.24) is 20.2 Å². The van der Waals surface area contributed by atoms with Crippen LogP contribution >= 0.6 is 0 Å². The van der Waals surface area contributed by atoms with Crippen LogP contribution in [0.3, 0.4) is 0 Å². The monoisotopic (exact) mass is 352 g/mol. The van der Waals surface area contributed by atoms with Crippen molar-refractivity contribution in [3.63, 3.8) is 0 Å². The van der Waals surface area contributed by atoms with E-state index in [2.05, 4.69) is 53.4 Å². The van der Waals surface area contributed by atoms with Gasteiger partial charge in [0.15, 0.2) is 0 Å². The normalized spacial score (nSPS) is 18.5. The molecule has 0 saturated carbocycles. The van der Waals surface area contributed by atoms with E-state index < -0.39 is 0 Å². The first-order chi connectivity index (χ1) is 12.4. The number of carbonyl (C=O) groups is 1. The summed E-state index contributed by atoms with van der Waals surface area (Å²) in [7, 11) is 1.83. The van der Waals surface area contributed by atoms with Crippen LogP contribution in [0.2, 0.25) is 0 Å². The maximum Gasteiger partial charge on any atom is 0.317 e. The molecule has 3 rings (SSSR count). The lowest BCUT2D eigenvalue weighted by atomic mass is 9.83. The molecule has 1 heterocycles. The van der Waals surface area contributed by atoms with E-state index in [4.69, 9.17) is 0 Å². The number of rotatable bonds is 4. The summed E-state index contributed by atoms with van der Waals surface area (Å²) in [6.45, 7) is 5.19. The van der Waals surface area contributed by atoms with Crippen molar-refractivity contribution in [2.45, 2.75) is 45.6 Å². The zero-order valence-electron chi connectivity index (χ0n) is 15.9. The van der Waals surface area contributed by atoms with E-state index in [-0.39, 0.29) is 17.5 Å². The summed E-state index contributed by atoms with van der Waals surface area (Å²) >= 11 is 0. The van der Waals surface area contributed by atoms with Crippen LogP contribution in [-0.4, -0.2) is 34.5 Å². The molecule has 138 valence electrons. The van der Waals surface area contributed by atoms with Gasteiger partial charge < -0.3 is 10.2 Å². The minimum atomic E-state index is -0.0357. The highest BCUT2D eigenvalue weighted by molar-refractivity contribution is 5.74. The Bertz CT molecular complexity index is 745. The number of hydrogen-bond acceptors (Lipinski definition) is 3. The highest BCUT2D eigenvalue weighted by Gasteiger charge is 2.30. The van der Waals surface area contributed by atoms with Crippen molar-refractivity contribution in [2.24, 2.45) is 5.41 Å². The predicted molar refractivity (Wildman–Crippen MR) is 103 cm³/mol. The number of nitrogens with zero attached hydrogens (tertiary/aromatic N) is 3. The standard InChI is InChI=1S/C21H28N4O/c1-21(2)10-8-16-6-4-5-7-18(16)19(14-21)24-20(26)25(3)13-9-17-15-22-11-12-23-17/h4-7,11-12,15,19H,8-10,13-14H2,1-3H3,(H,24,26). The zero-order chi connectivity index (χ0) is 18.6. The molecule has 1 unspecified atom stereocenters. The molecular weight excluding hydrogens is 324 g/mol. The number of fused-ring (bicyclic) bond motifs is 1. The number of amides is 2. The Morgan fingerprint density at radius 2 is 2.12 bits per heavy atom. The summed E-state index contributed by atoms with van der Waals surface area (Å²) in [5.41, 5.74) is 3.71. The number of hydrogen-bond donors (Lipinski definition) is 1. The maximum absolute atomic E-state index is 12.7. The third-order valence-electron chi connectivity index (χ3n) is 5.22. The molecule has 0 bridgehead atoms. The van der Waals surface area contributed by atoms with Crippen LogP contribution in [-0.2, 0) is 12.8 Å². The Kier molecular flexibility index (Phi) is 5.55. The summed E-state index contributed by atoms with van der Waals surface area (Å²) in [4.78, 5) is 22.8. The van der Waals surface area contributed by atoms with Crippen LogP contribution in [0.1, 0.15) is 49.6 Å². The molecule has 0 radical (unpaired) electrons. The van der Waals surface area contributed by atoms with Crippen molar-refractivity contribution in [3.05, 3.63) is 59.7 Å². The fourth-order valence-electron chi connectivity index (χ4n) is 3.57. The van der Waals surface area contributed by atoms with Gasteiger partial charge in [-0.25, -0.2) is 4.79 Å². The van der Waals surface area contributed by atoms with Gasteiger partial charge in [0.2, 0.25) is 0 Å². The van der Waals surface area contributed by atoms with Crippen LogP contribution in [0, 0.1) is 5.41 Å². The number of nitrogens with one attached hydrogen (secondary N) is 1. The van der Waals surface area contributed by atoms with E-state index in [1.807, 2.05) is 7.05 Å². The highest BCUT2D eigenvalue weighted by atomic mass is 16.2. The van der Waals surface area contributed by atoms with Gasteiger partial charge in [-0.1, -0.05) is 38.1 Å². The topological polar surface area (TPSA) is 58.1 Å². The lowest BCUT2D eigenvalue weighted by Crippen LogP contribution is -2.41. The van der Waals surface area contributed by atoms with Gasteiger partial charge >= 0.3 is 6.03 Å². The summed E-state index contributed by atoms with van der Waals surface area (Å²) in [6, 6.07) is 8.51. The number of likely N-dealkylation sites (N-methyl/N-ethyl adjacent to an activating group) is 1. The number of carbonyl (C=O) groups excluding carboxylic acids is 1. The molecule has 1 aliphatic carbocycles. The average molecular weight is 352 g/mol. The highest BCUT2D eigenvalue weighted by Crippen LogP contribution is 2.39. The lowest BCUT2D eigenvalue weighted by Gasteiger charge is -2.29. The van der Waals surface area contributed by atoms with Crippen molar-refractivity contribution in [1.29, 1.82) is 0 Å². The summed E-state index contributed by atoms with van der Waals surface area (Å²) < 4.78 is 0. The zero-order valence-corrected chi connectivity index (χ0v) is 15.9. The third-order valence-corrected chi connectivity index (χ3v) is 5.22. The van der Waals surface area contributed by atoms with Crippen molar-refractivity contribution in [3.8, 4) is 0 Å². The fourth-order valence-corrected chi connectivity index (χ4v) is 3.57. The van der Waals surface area contributed by atoms with Crippen molar-refractivity contribution < 1.29 is 4.79 Å². The lowest BCUT2D eigenvalue weighted by molar-refractivity contribution is 0.197. The number of urea groups is 1. The van der Waals surface area contributed by atoms with Crippen LogP contribution < -0.4 is 5.32 Å². The van der Waals surface area contributed by atoms with Gasteiger partial charge in [-0.3, -0.25) is 9.97 Å². The molecule has 5 heteroatoms. The molecule has 1 aromatic carbocycles. The van der Waals surface area contributed by atoms with Gasteiger partial charge in [0.05, 0.1) is 11.7 Å². The smallest absolute Gasteiger partial charge is 0.317 e. The van der Waals surface area contributed by atoms with Gasteiger partial charge in [0.1, 0.15) is 0 Å². The van der Waals surface area contributed by atoms with Gasteiger partial charge in [-0.2, -0.15) is 0 Å². The summed E-state index contributed by atoms with van der Waals surface area (Å²) in [5.74, 6) is 0. The van der Waals surface area contributed by atoms with E-state index in [1.54, 1.807) is 23.5 Å². The van der Waals surface area contributed by atoms with Gasteiger partial charge in [-0.15, -0.1) is 0 Å². The second kappa shape index (κ2) is 7.85. The van der Waals surface area contributed by atoms with Crippen LogP contribution in [0.4, 0.5) is 4.79 Å². The second-order valence-electron chi connectivity index (χ2n) is 7.94. The van der Waals surface area contributed by atoms with E-state index in [9.17, 15) is 4.79 Å². The molecule has 0 fully saturated rings. The average Bonchev–Trinajstić information content (AvgIpc) is 2.77. The molecule has 2 amide bonds. The predicted octanol–water partition coefficient (Wildman–Crippen LogP) is 3.76. The van der Waals surface area contributed by atoms with Crippen LogP contribution in [0.25, 0.3) is 0 Å². The largest absolute Gasteiger partial charge is 0.331 e. The minimum Gasteiger partial charge on any atom is -0.331 e. The van der Waals surface area contributed by atoms with Crippen LogP contribution in [0.5, 0.6) is 0 Å². The van der Waals surface area contributed by atoms with Crippen LogP contribution in [0.15, 0.2) is 42.9 Å². The molecule has 1 N–H and O–H groups in total. The molecule has 2 aromatic rings. The first-order valence-electron chi connectivity index (χ1n) is 9.29. The Morgan fingerprint density at radius 3 is 2.88 bits per heavy atom. The first-order valence-corrected chi connectivity index (χ1v) is 9.29.